The number of hydrogen-bond donors (Lipinski definition) is 1. The molecule has 21 heavy (non-hydrogen) atoms. The summed E-state index contributed by atoms with van der Waals surface area (Å²) >= 11 is 3.29. The van der Waals surface area contributed by atoms with Crippen LogP contribution in [0.25, 0.3) is 0 Å². The van der Waals surface area contributed by atoms with Gasteiger partial charge in [0, 0.05) is 15.6 Å². The van der Waals surface area contributed by atoms with Gasteiger partial charge in [0.2, 0.25) is 0 Å². The monoisotopic (exact) mass is 351 g/mol. The van der Waals surface area contributed by atoms with E-state index in [0.717, 1.165) is 15.8 Å². The zero-order chi connectivity index (χ0) is 15.4. The molecule has 0 aliphatic heterocycles. The van der Waals surface area contributed by atoms with E-state index in [1.807, 2.05) is 51.2 Å². The van der Waals surface area contributed by atoms with Gasteiger partial charge in [-0.25, -0.2) is 4.39 Å². The average molecular weight is 352 g/mol. The fraction of sp³-hybridized carbons (Fsp3) is 0.294. The molecule has 2 rings (SSSR count). The van der Waals surface area contributed by atoms with E-state index in [-0.39, 0.29) is 18.0 Å². The van der Waals surface area contributed by atoms with Crippen molar-refractivity contribution in [2.75, 3.05) is 7.05 Å². The molecule has 0 spiro atoms. The Bertz CT molecular complexity index is 615. The smallest absolute Gasteiger partial charge is 0.129 e. The van der Waals surface area contributed by atoms with Gasteiger partial charge in [-0.05, 0) is 39.1 Å². The van der Waals surface area contributed by atoms with Gasteiger partial charge in [0.1, 0.15) is 11.6 Å². The Balaban J connectivity index is 2.46. The normalized spacial score (nSPS) is 12.5. The fourth-order valence-electron chi connectivity index (χ4n) is 2.29. The maximum atomic E-state index is 14.3. The van der Waals surface area contributed by atoms with Gasteiger partial charge in [-0.2, -0.15) is 0 Å². The molecule has 112 valence electrons. The van der Waals surface area contributed by atoms with Gasteiger partial charge in [-0.3, -0.25) is 0 Å². The van der Waals surface area contributed by atoms with Crippen LogP contribution in [-0.2, 0) is 0 Å². The summed E-state index contributed by atoms with van der Waals surface area (Å²) in [6, 6.07) is 12.6. The van der Waals surface area contributed by atoms with Gasteiger partial charge in [0.05, 0.1) is 12.1 Å². The number of benzene rings is 2. The Morgan fingerprint density at radius 3 is 2.43 bits per heavy atom. The molecule has 0 fully saturated rings. The summed E-state index contributed by atoms with van der Waals surface area (Å²) in [5.74, 6) is 0.525. The van der Waals surface area contributed by atoms with Crippen LogP contribution in [0, 0.1) is 5.82 Å². The first-order valence-corrected chi connectivity index (χ1v) is 7.70. The first-order chi connectivity index (χ1) is 10.0. The third kappa shape index (κ3) is 3.83. The van der Waals surface area contributed by atoms with Gasteiger partial charge >= 0.3 is 0 Å². The molecule has 0 amide bonds. The van der Waals surface area contributed by atoms with E-state index in [1.54, 1.807) is 6.07 Å². The molecule has 0 heterocycles. The molecule has 2 aromatic carbocycles. The lowest BCUT2D eigenvalue weighted by atomic mass is 9.97. The molecule has 1 atom stereocenters. The third-order valence-corrected chi connectivity index (χ3v) is 3.65. The zero-order valence-electron chi connectivity index (χ0n) is 12.4. The largest absolute Gasteiger partial charge is 0.491 e. The van der Waals surface area contributed by atoms with Crippen molar-refractivity contribution in [2.45, 2.75) is 26.0 Å². The third-order valence-electron chi connectivity index (χ3n) is 3.15. The quantitative estimate of drug-likeness (QED) is 0.843. The second-order valence-corrected chi connectivity index (χ2v) is 6.01. The summed E-state index contributed by atoms with van der Waals surface area (Å²) in [4.78, 5) is 0. The SMILES string of the molecule is CNC(c1ccc(Br)cc1F)c1ccccc1OC(C)C. The zero-order valence-corrected chi connectivity index (χ0v) is 13.9. The van der Waals surface area contributed by atoms with Crippen molar-refractivity contribution in [1.82, 2.24) is 5.32 Å². The minimum atomic E-state index is -0.256. The number of halogens is 2. The molecule has 2 aromatic rings. The lowest BCUT2D eigenvalue weighted by Gasteiger charge is -2.22. The minimum Gasteiger partial charge on any atom is -0.491 e. The Morgan fingerprint density at radius 1 is 1.10 bits per heavy atom. The predicted octanol–water partition coefficient (Wildman–Crippen LogP) is 4.68. The fourth-order valence-corrected chi connectivity index (χ4v) is 2.63. The Hall–Kier alpha value is -1.39. The molecule has 0 aromatic heterocycles. The molecule has 2 nitrogen and oxygen atoms in total. The molecule has 0 saturated carbocycles. The van der Waals surface area contributed by atoms with Gasteiger partial charge in [0.15, 0.2) is 0 Å². The van der Waals surface area contributed by atoms with E-state index in [4.69, 9.17) is 4.74 Å². The summed E-state index contributed by atoms with van der Waals surface area (Å²) in [5, 5.41) is 3.17. The van der Waals surface area contributed by atoms with Gasteiger partial charge in [-0.1, -0.05) is 40.2 Å². The maximum absolute atomic E-state index is 14.3. The first kappa shape index (κ1) is 16.0. The lowest BCUT2D eigenvalue weighted by Crippen LogP contribution is -2.20. The topological polar surface area (TPSA) is 21.3 Å². The standard InChI is InChI=1S/C17H19BrFNO/c1-11(2)21-16-7-5-4-6-14(16)17(20-3)13-9-8-12(18)10-15(13)19/h4-11,17,20H,1-3H3. The molecule has 4 heteroatoms. The van der Waals surface area contributed by atoms with Crippen LogP contribution < -0.4 is 10.1 Å². The van der Waals surface area contributed by atoms with Crippen LogP contribution in [-0.4, -0.2) is 13.2 Å². The lowest BCUT2D eigenvalue weighted by molar-refractivity contribution is 0.238. The van der Waals surface area contributed by atoms with Crippen LogP contribution >= 0.6 is 15.9 Å². The van der Waals surface area contributed by atoms with Crippen LogP contribution in [0.4, 0.5) is 4.39 Å². The van der Waals surface area contributed by atoms with Crippen LogP contribution in [0.15, 0.2) is 46.9 Å². The van der Waals surface area contributed by atoms with Crippen LogP contribution in [0.3, 0.4) is 0 Å². The van der Waals surface area contributed by atoms with E-state index in [0.29, 0.717) is 5.56 Å². The molecule has 0 aliphatic carbocycles. The van der Waals surface area contributed by atoms with Crippen molar-refractivity contribution in [1.29, 1.82) is 0 Å². The summed E-state index contributed by atoms with van der Waals surface area (Å²) in [5.41, 5.74) is 1.52. The highest BCUT2D eigenvalue weighted by molar-refractivity contribution is 9.10. The van der Waals surface area contributed by atoms with Crippen LogP contribution in [0.2, 0.25) is 0 Å². The summed E-state index contributed by atoms with van der Waals surface area (Å²) in [6.07, 6.45) is 0.0680. The minimum absolute atomic E-state index is 0.0680. The first-order valence-electron chi connectivity index (χ1n) is 6.90. The average Bonchev–Trinajstić information content (AvgIpc) is 2.43. The summed E-state index contributed by atoms with van der Waals surface area (Å²) in [6.45, 7) is 3.96. The van der Waals surface area contributed by atoms with E-state index in [1.165, 1.54) is 6.07 Å². The van der Waals surface area contributed by atoms with Crippen molar-refractivity contribution in [3.63, 3.8) is 0 Å². The molecular weight excluding hydrogens is 333 g/mol. The van der Waals surface area contributed by atoms with Gasteiger partial charge < -0.3 is 10.1 Å². The van der Waals surface area contributed by atoms with Crippen molar-refractivity contribution in [3.8, 4) is 5.75 Å². The second kappa shape index (κ2) is 7.05. The second-order valence-electron chi connectivity index (χ2n) is 5.09. The van der Waals surface area contributed by atoms with Crippen molar-refractivity contribution in [3.05, 3.63) is 63.9 Å². The number of nitrogens with one attached hydrogen (secondary N) is 1. The highest BCUT2D eigenvalue weighted by Crippen LogP contribution is 2.32. The van der Waals surface area contributed by atoms with Crippen LogP contribution in [0.1, 0.15) is 31.0 Å². The van der Waals surface area contributed by atoms with E-state index >= 15 is 0 Å². The van der Waals surface area contributed by atoms with Crippen LogP contribution in [0.5, 0.6) is 5.75 Å². The Labute approximate surface area is 133 Å². The molecule has 0 aliphatic rings. The van der Waals surface area contributed by atoms with E-state index < -0.39 is 0 Å². The summed E-state index contributed by atoms with van der Waals surface area (Å²) < 4.78 is 20.8. The predicted molar refractivity (Wildman–Crippen MR) is 87.2 cm³/mol. The molecule has 0 radical (unpaired) electrons. The number of hydrogen-bond acceptors (Lipinski definition) is 2. The molecule has 0 bridgehead atoms. The van der Waals surface area contributed by atoms with Crippen molar-refractivity contribution in [2.24, 2.45) is 0 Å². The number of rotatable bonds is 5. The number of para-hydroxylation sites is 1. The highest BCUT2D eigenvalue weighted by atomic mass is 79.9. The van der Waals surface area contributed by atoms with Crippen molar-refractivity contribution >= 4 is 15.9 Å². The maximum Gasteiger partial charge on any atom is 0.129 e. The molecule has 1 unspecified atom stereocenters. The molecular formula is C17H19BrFNO. The molecule has 1 N–H and O–H groups in total. The van der Waals surface area contributed by atoms with Gasteiger partial charge in [0.25, 0.3) is 0 Å². The highest BCUT2D eigenvalue weighted by Gasteiger charge is 2.20. The summed E-state index contributed by atoms with van der Waals surface area (Å²) in [7, 11) is 1.82. The number of ether oxygens (including phenoxy) is 1. The Kier molecular flexibility index (Phi) is 5.37. The van der Waals surface area contributed by atoms with Gasteiger partial charge in [-0.15, -0.1) is 0 Å². The Morgan fingerprint density at radius 2 is 1.81 bits per heavy atom. The van der Waals surface area contributed by atoms with E-state index in [9.17, 15) is 4.39 Å². The molecule has 0 saturated heterocycles. The van der Waals surface area contributed by atoms with Crippen molar-refractivity contribution < 1.29 is 9.13 Å². The van der Waals surface area contributed by atoms with E-state index in [2.05, 4.69) is 21.2 Å².